The Labute approximate surface area is 138 Å². The summed E-state index contributed by atoms with van der Waals surface area (Å²) in [6.07, 6.45) is 0. The maximum Gasteiger partial charge on any atom is 0.334 e. The second-order valence-corrected chi connectivity index (χ2v) is 5.17. The molecule has 0 radical (unpaired) electrons. The van der Waals surface area contributed by atoms with Crippen LogP contribution in [0.15, 0.2) is 24.3 Å². The Morgan fingerprint density at radius 3 is 2.65 bits per heavy atom. The first kappa shape index (κ1) is 16.8. The van der Waals surface area contributed by atoms with Gasteiger partial charge in [-0.2, -0.15) is 0 Å². The fourth-order valence-electron chi connectivity index (χ4n) is 2.12. The number of hydrogen-bond donors (Lipinski definition) is 2. The molecule has 0 aliphatic rings. The summed E-state index contributed by atoms with van der Waals surface area (Å²) in [7, 11) is 1.54. The van der Waals surface area contributed by atoms with E-state index in [1.807, 2.05) is 6.92 Å². The van der Waals surface area contributed by atoms with Crippen molar-refractivity contribution in [1.29, 1.82) is 0 Å². The average Bonchev–Trinajstić information content (AvgIpc) is 2.48. The molecule has 2 rings (SSSR count). The molecule has 2 aromatic rings. The second-order valence-electron chi connectivity index (χ2n) is 4.77. The van der Waals surface area contributed by atoms with Crippen LogP contribution in [0.1, 0.15) is 12.6 Å². The minimum absolute atomic E-state index is 0.121. The smallest absolute Gasteiger partial charge is 0.334 e. The van der Waals surface area contributed by atoms with Gasteiger partial charge in [0.15, 0.2) is 0 Å². The Balaban J connectivity index is 2.48. The number of methoxy groups -OCH3 is 1. The van der Waals surface area contributed by atoms with Crippen molar-refractivity contribution in [1.82, 2.24) is 4.98 Å². The summed E-state index contributed by atoms with van der Waals surface area (Å²) >= 11 is 6.17. The zero-order chi connectivity index (χ0) is 17.0. The van der Waals surface area contributed by atoms with Gasteiger partial charge >= 0.3 is 5.69 Å². The number of aryl methyl sites for hydroxylation is 1. The molecule has 7 nitrogen and oxygen atoms in total. The van der Waals surface area contributed by atoms with Crippen LogP contribution in [-0.4, -0.2) is 23.6 Å². The maximum absolute atomic E-state index is 11.4. The molecule has 2 N–H and O–H groups in total. The first-order valence-electron chi connectivity index (χ1n) is 6.96. The van der Waals surface area contributed by atoms with E-state index in [0.717, 1.165) is 0 Å². The largest absolute Gasteiger partial charge is 0.497 e. The first-order valence-corrected chi connectivity index (χ1v) is 7.34. The SMILES string of the molecule is CCNc1cc(C)nc(Nc2ccc(OC)cc2Cl)c1[N+](=O)[O-]. The third-order valence-corrected chi connectivity index (χ3v) is 3.41. The summed E-state index contributed by atoms with van der Waals surface area (Å²) in [5.41, 5.74) is 1.45. The number of anilines is 3. The number of pyridine rings is 1. The third-order valence-electron chi connectivity index (χ3n) is 3.10. The van der Waals surface area contributed by atoms with Crippen molar-refractivity contribution in [3.8, 4) is 5.75 Å². The molecule has 0 spiro atoms. The number of benzene rings is 1. The highest BCUT2D eigenvalue weighted by Gasteiger charge is 2.23. The van der Waals surface area contributed by atoms with E-state index in [1.165, 1.54) is 7.11 Å². The Morgan fingerprint density at radius 2 is 2.09 bits per heavy atom. The quantitative estimate of drug-likeness (QED) is 0.608. The second kappa shape index (κ2) is 7.15. The summed E-state index contributed by atoms with van der Waals surface area (Å²) in [6.45, 7) is 4.20. The fourth-order valence-corrected chi connectivity index (χ4v) is 2.33. The van der Waals surface area contributed by atoms with Crippen LogP contribution in [0.5, 0.6) is 5.75 Å². The zero-order valence-electron chi connectivity index (χ0n) is 13.0. The molecule has 0 saturated heterocycles. The van der Waals surface area contributed by atoms with Gasteiger partial charge in [0.05, 0.1) is 22.7 Å². The van der Waals surface area contributed by atoms with Gasteiger partial charge < -0.3 is 15.4 Å². The average molecular weight is 337 g/mol. The lowest BCUT2D eigenvalue weighted by Crippen LogP contribution is -2.07. The summed E-state index contributed by atoms with van der Waals surface area (Å²) < 4.78 is 5.09. The molecule has 122 valence electrons. The highest BCUT2D eigenvalue weighted by molar-refractivity contribution is 6.33. The number of nitrogens with zero attached hydrogens (tertiary/aromatic N) is 2. The van der Waals surface area contributed by atoms with Gasteiger partial charge in [-0.05, 0) is 32.0 Å². The summed E-state index contributed by atoms with van der Waals surface area (Å²) in [5, 5.41) is 17.7. The minimum atomic E-state index is -0.468. The molecule has 0 aliphatic carbocycles. The van der Waals surface area contributed by atoms with E-state index >= 15 is 0 Å². The minimum Gasteiger partial charge on any atom is -0.497 e. The van der Waals surface area contributed by atoms with E-state index in [1.54, 1.807) is 31.2 Å². The number of hydrogen-bond acceptors (Lipinski definition) is 6. The fraction of sp³-hybridized carbons (Fsp3) is 0.267. The van der Waals surface area contributed by atoms with Crippen LogP contribution in [0.2, 0.25) is 5.02 Å². The highest BCUT2D eigenvalue weighted by atomic mass is 35.5. The summed E-state index contributed by atoms with van der Waals surface area (Å²) in [6, 6.07) is 6.65. The van der Waals surface area contributed by atoms with Crippen LogP contribution in [0, 0.1) is 17.0 Å². The van der Waals surface area contributed by atoms with Crippen molar-refractivity contribution in [2.24, 2.45) is 0 Å². The molecule has 0 atom stereocenters. The third kappa shape index (κ3) is 3.81. The predicted molar refractivity (Wildman–Crippen MR) is 91.1 cm³/mol. The van der Waals surface area contributed by atoms with Crippen LogP contribution >= 0.6 is 11.6 Å². The highest BCUT2D eigenvalue weighted by Crippen LogP contribution is 2.36. The Hall–Kier alpha value is -2.54. The van der Waals surface area contributed by atoms with E-state index in [9.17, 15) is 10.1 Å². The van der Waals surface area contributed by atoms with Gasteiger partial charge in [-0.1, -0.05) is 11.6 Å². The number of rotatable bonds is 6. The van der Waals surface area contributed by atoms with Gasteiger partial charge in [-0.15, -0.1) is 0 Å². The molecule has 0 saturated carbocycles. The molecule has 1 heterocycles. The lowest BCUT2D eigenvalue weighted by Gasteiger charge is -2.13. The maximum atomic E-state index is 11.4. The van der Waals surface area contributed by atoms with Gasteiger partial charge in [0, 0.05) is 18.3 Å². The lowest BCUT2D eigenvalue weighted by atomic mass is 10.2. The number of halogens is 1. The zero-order valence-corrected chi connectivity index (χ0v) is 13.8. The van der Waals surface area contributed by atoms with Crippen molar-refractivity contribution in [3.05, 3.63) is 45.1 Å². The van der Waals surface area contributed by atoms with Crippen LogP contribution in [-0.2, 0) is 0 Å². The van der Waals surface area contributed by atoms with E-state index in [2.05, 4.69) is 15.6 Å². The van der Waals surface area contributed by atoms with E-state index in [-0.39, 0.29) is 11.5 Å². The molecule has 1 aromatic carbocycles. The van der Waals surface area contributed by atoms with Crippen molar-refractivity contribution in [2.45, 2.75) is 13.8 Å². The molecule has 23 heavy (non-hydrogen) atoms. The molecule has 0 amide bonds. The van der Waals surface area contributed by atoms with Gasteiger partial charge in [0.1, 0.15) is 11.4 Å². The molecule has 0 fully saturated rings. The summed E-state index contributed by atoms with van der Waals surface area (Å²) in [5.74, 6) is 0.735. The normalized spacial score (nSPS) is 10.3. The van der Waals surface area contributed by atoms with Crippen LogP contribution in [0.4, 0.5) is 22.9 Å². The van der Waals surface area contributed by atoms with Crippen LogP contribution < -0.4 is 15.4 Å². The topological polar surface area (TPSA) is 89.3 Å². The molecule has 8 heteroatoms. The Morgan fingerprint density at radius 1 is 1.35 bits per heavy atom. The van der Waals surface area contributed by atoms with Crippen molar-refractivity contribution in [3.63, 3.8) is 0 Å². The Bertz CT molecular complexity index is 737. The van der Waals surface area contributed by atoms with Gasteiger partial charge in [-0.3, -0.25) is 10.1 Å². The molecular weight excluding hydrogens is 320 g/mol. The van der Waals surface area contributed by atoms with Gasteiger partial charge in [0.25, 0.3) is 0 Å². The van der Waals surface area contributed by atoms with Crippen molar-refractivity contribution in [2.75, 3.05) is 24.3 Å². The molecule has 0 unspecified atom stereocenters. The number of nitrogens with one attached hydrogen (secondary N) is 2. The number of ether oxygens (including phenoxy) is 1. The number of nitro groups is 1. The first-order chi connectivity index (χ1) is 11.0. The standard InChI is InChI=1S/C15H17ClN4O3/c1-4-17-13-7-9(2)18-15(14(13)20(21)22)19-12-6-5-10(23-3)8-11(12)16/h5-8H,4H2,1-3H3,(H2,17,18,19). The van der Waals surface area contributed by atoms with Crippen molar-refractivity contribution < 1.29 is 9.66 Å². The molecule has 1 aromatic heterocycles. The van der Waals surface area contributed by atoms with Crippen molar-refractivity contribution >= 4 is 34.5 Å². The lowest BCUT2D eigenvalue weighted by molar-refractivity contribution is -0.383. The molecule has 0 bridgehead atoms. The van der Waals surface area contributed by atoms with Crippen LogP contribution in [0.3, 0.4) is 0 Å². The monoisotopic (exact) mass is 336 g/mol. The number of aromatic nitrogens is 1. The Kier molecular flexibility index (Phi) is 5.23. The van der Waals surface area contributed by atoms with Gasteiger partial charge in [0.2, 0.25) is 5.82 Å². The van der Waals surface area contributed by atoms with E-state index < -0.39 is 4.92 Å². The molecule has 0 aliphatic heterocycles. The van der Waals surface area contributed by atoms with Crippen LogP contribution in [0.25, 0.3) is 0 Å². The summed E-state index contributed by atoms with van der Waals surface area (Å²) in [4.78, 5) is 15.2. The predicted octanol–water partition coefficient (Wildman–Crippen LogP) is 4.14. The van der Waals surface area contributed by atoms with E-state index in [0.29, 0.717) is 34.4 Å². The van der Waals surface area contributed by atoms with Gasteiger partial charge in [-0.25, -0.2) is 4.98 Å². The molecular formula is C15H17ClN4O3. The van der Waals surface area contributed by atoms with E-state index in [4.69, 9.17) is 16.3 Å².